The molecule has 2 atom stereocenters. The zero-order valence-electron chi connectivity index (χ0n) is 8.21. The third-order valence-electron chi connectivity index (χ3n) is 2.04. The maximum atomic E-state index is 12.1. The topological polar surface area (TPSA) is 0 Å². The van der Waals surface area contributed by atoms with E-state index >= 15 is 0 Å². The molecule has 13 heavy (non-hydrogen) atoms. The van der Waals surface area contributed by atoms with Gasteiger partial charge in [0.2, 0.25) is 0 Å². The van der Waals surface area contributed by atoms with Crippen LogP contribution in [0.2, 0.25) is 0 Å². The summed E-state index contributed by atoms with van der Waals surface area (Å²) in [5.41, 5.74) is 0. The van der Waals surface area contributed by atoms with E-state index in [4.69, 9.17) is 0 Å². The quantitative estimate of drug-likeness (QED) is 0.527. The van der Waals surface area contributed by atoms with Crippen LogP contribution in [0.4, 0.5) is 13.2 Å². The van der Waals surface area contributed by atoms with Gasteiger partial charge in [-0.15, -0.1) is 0 Å². The van der Waals surface area contributed by atoms with E-state index in [1.54, 1.807) is 6.92 Å². The molecule has 0 saturated heterocycles. The molecule has 0 amide bonds. The molecule has 0 rings (SSSR count). The lowest BCUT2D eigenvalue weighted by Gasteiger charge is -2.26. The van der Waals surface area contributed by atoms with Gasteiger partial charge in [0, 0.05) is 3.42 Å². The molecule has 0 N–H and O–H groups in total. The van der Waals surface area contributed by atoms with Crippen molar-refractivity contribution in [1.29, 1.82) is 0 Å². The first-order valence-electron chi connectivity index (χ1n) is 4.42. The summed E-state index contributed by atoms with van der Waals surface area (Å²) in [7, 11) is 0. The van der Waals surface area contributed by atoms with E-state index in [1.807, 2.05) is 36.4 Å². The van der Waals surface area contributed by atoms with E-state index in [2.05, 4.69) is 0 Å². The van der Waals surface area contributed by atoms with Gasteiger partial charge >= 0.3 is 6.18 Å². The van der Waals surface area contributed by atoms with Gasteiger partial charge in [0.05, 0.1) is 6.42 Å². The Morgan fingerprint density at radius 3 is 2.08 bits per heavy atom. The molecule has 0 aliphatic carbocycles. The molecule has 0 aliphatic rings. The van der Waals surface area contributed by atoms with E-state index < -0.39 is 16.0 Å². The van der Waals surface area contributed by atoms with Gasteiger partial charge in [0.15, 0.2) is 0 Å². The predicted octanol–water partition coefficient (Wildman–Crippen LogP) is 4.57. The Bertz CT molecular complexity index is 151. The average molecular weight is 308 g/mol. The Balaban J connectivity index is 4.08. The molecule has 0 fully saturated rings. The van der Waals surface area contributed by atoms with E-state index in [0.717, 1.165) is 6.42 Å². The molecule has 4 heteroatoms. The monoisotopic (exact) mass is 308 g/mol. The fourth-order valence-corrected chi connectivity index (χ4v) is 2.55. The molecule has 0 heterocycles. The van der Waals surface area contributed by atoms with Crippen molar-refractivity contribution >= 4 is 22.6 Å². The van der Waals surface area contributed by atoms with Gasteiger partial charge in [-0.25, -0.2) is 0 Å². The van der Waals surface area contributed by atoms with Gasteiger partial charge in [-0.1, -0.05) is 49.8 Å². The molecule has 0 aromatic heterocycles. The predicted molar refractivity (Wildman–Crippen MR) is 57.2 cm³/mol. The number of hydrogen-bond donors (Lipinski definition) is 0. The van der Waals surface area contributed by atoms with E-state index in [1.165, 1.54) is 0 Å². The van der Waals surface area contributed by atoms with Crippen LogP contribution < -0.4 is 0 Å². The van der Waals surface area contributed by atoms with E-state index in [9.17, 15) is 13.2 Å². The Labute approximate surface area is 91.4 Å². The highest BCUT2D eigenvalue weighted by molar-refractivity contribution is 14.1. The molecular weight excluding hydrogens is 292 g/mol. The highest BCUT2D eigenvalue weighted by atomic mass is 127. The first-order valence-corrected chi connectivity index (χ1v) is 5.50. The van der Waals surface area contributed by atoms with Crippen molar-refractivity contribution in [2.75, 3.05) is 0 Å². The highest BCUT2D eigenvalue weighted by Crippen LogP contribution is 2.38. The molecule has 0 radical (unpaired) electrons. The molecule has 2 unspecified atom stereocenters. The normalized spacial score (nSPS) is 19.6. The number of hydrogen-bond acceptors (Lipinski definition) is 0. The summed E-state index contributed by atoms with van der Waals surface area (Å²) in [6.07, 6.45) is -3.16. The van der Waals surface area contributed by atoms with Crippen LogP contribution in [0.1, 0.15) is 40.0 Å². The number of alkyl halides is 4. The van der Waals surface area contributed by atoms with E-state index in [0.29, 0.717) is 12.3 Å². The molecule has 80 valence electrons. The maximum Gasteiger partial charge on any atom is 0.390 e. The van der Waals surface area contributed by atoms with Crippen LogP contribution in [-0.2, 0) is 0 Å². The van der Waals surface area contributed by atoms with Crippen molar-refractivity contribution in [2.45, 2.75) is 49.6 Å². The van der Waals surface area contributed by atoms with Crippen LogP contribution in [-0.4, -0.2) is 9.60 Å². The Kier molecular flexibility index (Phi) is 5.04. The van der Waals surface area contributed by atoms with Crippen molar-refractivity contribution in [2.24, 2.45) is 5.92 Å². The second-order valence-corrected chi connectivity index (χ2v) is 6.53. The minimum Gasteiger partial charge on any atom is -0.171 e. The minimum atomic E-state index is -4.04. The van der Waals surface area contributed by atoms with Crippen molar-refractivity contribution < 1.29 is 13.2 Å². The summed E-state index contributed by atoms with van der Waals surface area (Å²) in [5.74, 6) is 0.365. The van der Waals surface area contributed by atoms with Crippen molar-refractivity contribution in [3.63, 3.8) is 0 Å². The molecule has 0 aromatic carbocycles. The lowest BCUT2D eigenvalue weighted by Crippen LogP contribution is -2.27. The SMILES string of the molecule is CCC(C)CC(C)(I)CC(F)(F)F. The third kappa shape index (κ3) is 7.58. The third-order valence-corrected chi connectivity index (χ3v) is 2.86. The van der Waals surface area contributed by atoms with E-state index in [-0.39, 0.29) is 0 Å². The summed E-state index contributed by atoms with van der Waals surface area (Å²) in [5, 5.41) is 0. The standard InChI is InChI=1S/C9H16F3I/c1-4-7(2)5-8(3,13)6-9(10,11)12/h7H,4-6H2,1-3H3. The second-order valence-electron chi connectivity index (χ2n) is 3.92. The zero-order valence-corrected chi connectivity index (χ0v) is 10.4. The molecule has 0 aromatic rings. The Hall–Kier alpha value is 0.520. The fourth-order valence-electron chi connectivity index (χ4n) is 1.36. The Morgan fingerprint density at radius 1 is 1.31 bits per heavy atom. The summed E-state index contributed by atoms with van der Waals surface area (Å²) < 4.78 is 35.7. The van der Waals surface area contributed by atoms with Crippen molar-refractivity contribution in [1.82, 2.24) is 0 Å². The van der Waals surface area contributed by atoms with Crippen LogP contribution in [0.25, 0.3) is 0 Å². The fraction of sp³-hybridized carbons (Fsp3) is 1.00. The number of halogens is 4. The average Bonchev–Trinajstić information content (AvgIpc) is 1.80. The molecule has 0 aliphatic heterocycles. The van der Waals surface area contributed by atoms with Gasteiger partial charge in [-0.3, -0.25) is 0 Å². The largest absolute Gasteiger partial charge is 0.390 e. The molecular formula is C9H16F3I. The molecule has 0 spiro atoms. The van der Waals surface area contributed by atoms with Crippen LogP contribution in [0.15, 0.2) is 0 Å². The van der Waals surface area contributed by atoms with Gasteiger partial charge < -0.3 is 0 Å². The summed E-state index contributed by atoms with van der Waals surface area (Å²) in [6, 6.07) is 0. The van der Waals surface area contributed by atoms with Gasteiger partial charge in [-0.05, 0) is 12.3 Å². The second kappa shape index (κ2) is 4.84. The van der Waals surface area contributed by atoms with Crippen molar-refractivity contribution in [3.05, 3.63) is 0 Å². The first-order chi connectivity index (χ1) is 5.66. The lowest BCUT2D eigenvalue weighted by atomic mass is 9.93. The maximum absolute atomic E-state index is 12.1. The summed E-state index contributed by atoms with van der Waals surface area (Å²) in [4.78, 5) is 0. The highest BCUT2D eigenvalue weighted by Gasteiger charge is 2.38. The number of rotatable bonds is 4. The molecule has 0 bridgehead atoms. The zero-order chi connectivity index (χ0) is 10.7. The first kappa shape index (κ1) is 13.5. The van der Waals surface area contributed by atoms with Crippen molar-refractivity contribution in [3.8, 4) is 0 Å². The van der Waals surface area contributed by atoms with Gasteiger partial charge in [0.25, 0.3) is 0 Å². The van der Waals surface area contributed by atoms with Crippen LogP contribution >= 0.6 is 22.6 Å². The van der Waals surface area contributed by atoms with Crippen LogP contribution in [0, 0.1) is 5.92 Å². The minimum absolute atomic E-state index is 0.365. The van der Waals surface area contributed by atoms with Crippen LogP contribution in [0.5, 0.6) is 0 Å². The smallest absolute Gasteiger partial charge is 0.171 e. The molecule has 0 nitrogen and oxygen atoms in total. The lowest BCUT2D eigenvalue weighted by molar-refractivity contribution is -0.139. The van der Waals surface area contributed by atoms with Crippen LogP contribution in [0.3, 0.4) is 0 Å². The summed E-state index contributed by atoms with van der Waals surface area (Å²) >= 11 is 1.92. The molecule has 0 saturated carbocycles. The van der Waals surface area contributed by atoms with Gasteiger partial charge in [-0.2, -0.15) is 13.2 Å². The van der Waals surface area contributed by atoms with Gasteiger partial charge in [0.1, 0.15) is 0 Å². The summed E-state index contributed by atoms with van der Waals surface area (Å²) in [6.45, 7) is 5.67. The Morgan fingerprint density at radius 2 is 1.77 bits per heavy atom.